The van der Waals surface area contributed by atoms with Crippen LogP contribution < -0.4 is 11.1 Å². The number of nitrogens with zero attached hydrogens (tertiary/aromatic N) is 3. The second-order valence-electron chi connectivity index (χ2n) is 6.59. The zero-order chi connectivity index (χ0) is 17.8. The van der Waals surface area contributed by atoms with E-state index in [1.54, 1.807) is 0 Å². The third-order valence-electron chi connectivity index (χ3n) is 3.21. The third-order valence-corrected chi connectivity index (χ3v) is 3.21. The lowest BCUT2D eigenvalue weighted by atomic mass is 10.0. The predicted molar refractivity (Wildman–Crippen MR) is 90.0 cm³/mol. The smallest absolute Gasteiger partial charge is 0.222 e. The molecule has 0 radical (unpaired) electrons. The van der Waals surface area contributed by atoms with Crippen LogP contribution in [0.1, 0.15) is 47.0 Å². The van der Waals surface area contributed by atoms with Gasteiger partial charge in [0.05, 0.1) is 30.8 Å². The van der Waals surface area contributed by atoms with E-state index in [9.17, 15) is 4.79 Å². The van der Waals surface area contributed by atoms with Crippen LogP contribution >= 0.6 is 0 Å². The molecule has 8 nitrogen and oxygen atoms in total. The molecule has 0 spiro atoms. The zero-order valence-electron chi connectivity index (χ0n) is 14.8. The maximum Gasteiger partial charge on any atom is 0.222 e. The molecule has 23 heavy (non-hydrogen) atoms. The lowest BCUT2D eigenvalue weighted by molar-refractivity contribution is -0.128. The molecule has 0 aromatic carbocycles. The van der Waals surface area contributed by atoms with E-state index in [1.807, 2.05) is 27.7 Å². The average molecular weight is 329 g/mol. The van der Waals surface area contributed by atoms with Crippen molar-refractivity contribution in [1.82, 2.24) is 5.32 Å². The highest BCUT2D eigenvalue weighted by atomic mass is 16.5. The number of amides is 1. The molecule has 0 aromatic rings. The van der Waals surface area contributed by atoms with Crippen LogP contribution in [0.15, 0.2) is 5.11 Å². The number of carbonyl (C=O) groups excluding carboxylic acids is 1. The van der Waals surface area contributed by atoms with Crippen LogP contribution in [0.2, 0.25) is 0 Å². The first-order valence-electron chi connectivity index (χ1n) is 7.98. The Bertz CT molecular complexity index is 393. The molecule has 0 rings (SSSR count). The quantitative estimate of drug-likeness (QED) is 0.232. The van der Waals surface area contributed by atoms with Gasteiger partial charge in [-0.05, 0) is 46.1 Å². The largest absolute Gasteiger partial charge is 0.375 e. The van der Waals surface area contributed by atoms with Crippen molar-refractivity contribution in [3.05, 3.63) is 10.4 Å². The highest BCUT2D eigenvalue weighted by molar-refractivity contribution is 5.76. The standard InChI is InChI=1S/C15H31N5O3/c1-14(2,23-11-7-16)6-10-22-15(3,4)12-13(21)18-8-5-9-19-20-17/h5-12,16H2,1-4H3,(H,18,21). The Hall–Kier alpha value is -1.34. The Balaban J connectivity index is 3.98. The third kappa shape index (κ3) is 12.9. The number of rotatable bonds is 13. The number of hydrogen-bond acceptors (Lipinski definition) is 5. The molecule has 134 valence electrons. The summed E-state index contributed by atoms with van der Waals surface area (Å²) in [5, 5.41) is 6.20. The van der Waals surface area contributed by atoms with Crippen molar-refractivity contribution in [1.29, 1.82) is 0 Å². The van der Waals surface area contributed by atoms with E-state index in [1.165, 1.54) is 0 Å². The number of nitrogens with one attached hydrogen (secondary N) is 1. The van der Waals surface area contributed by atoms with Crippen LogP contribution in [0.25, 0.3) is 10.4 Å². The lowest BCUT2D eigenvalue weighted by Crippen LogP contribution is -2.36. The maximum atomic E-state index is 11.9. The first-order valence-corrected chi connectivity index (χ1v) is 7.98. The van der Waals surface area contributed by atoms with Crippen LogP contribution in [0.3, 0.4) is 0 Å². The zero-order valence-corrected chi connectivity index (χ0v) is 14.8. The SMILES string of the molecule is CC(C)(CCOC(C)(C)CC(=O)NCCCN=[N+]=[N-])OCCN. The molecule has 0 saturated heterocycles. The molecule has 3 N–H and O–H groups in total. The van der Waals surface area contributed by atoms with Crippen molar-refractivity contribution >= 4 is 5.91 Å². The van der Waals surface area contributed by atoms with Crippen LogP contribution in [0.5, 0.6) is 0 Å². The van der Waals surface area contributed by atoms with Gasteiger partial charge in [0.15, 0.2) is 0 Å². The van der Waals surface area contributed by atoms with Gasteiger partial charge in [-0.3, -0.25) is 4.79 Å². The Kier molecular flexibility index (Phi) is 10.6. The monoisotopic (exact) mass is 329 g/mol. The summed E-state index contributed by atoms with van der Waals surface area (Å²) in [7, 11) is 0. The van der Waals surface area contributed by atoms with E-state index in [0.717, 1.165) is 6.42 Å². The Labute approximate surface area is 138 Å². The van der Waals surface area contributed by atoms with Crippen LogP contribution in [0, 0.1) is 0 Å². The summed E-state index contributed by atoms with van der Waals surface area (Å²) < 4.78 is 11.5. The molecule has 0 aliphatic rings. The van der Waals surface area contributed by atoms with E-state index in [-0.39, 0.29) is 17.9 Å². The van der Waals surface area contributed by atoms with Gasteiger partial charge in [-0.25, -0.2) is 0 Å². The Morgan fingerprint density at radius 1 is 1.22 bits per heavy atom. The number of nitrogens with two attached hydrogens (primary N) is 1. The van der Waals surface area contributed by atoms with E-state index in [4.69, 9.17) is 20.7 Å². The molecule has 0 bridgehead atoms. The van der Waals surface area contributed by atoms with Crippen LogP contribution in [-0.2, 0) is 14.3 Å². The molecule has 1 amide bonds. The van der Waals surface area contributed by atoms with E-state index >= 15 is 0 Å². The summed E-state index contributed by atoms with van der Waals surface area (Å²) in [6.07, 6.45) is 1.63. The van der Waals surface area contributed by atoms with Crippen molar-refractivity contribution < 1.29 is 14.3 Å². The highest BCUT2D eigenvalue weighted by Crippen LogP contribution is 2.19. The molecule has 0 aliphatic heterocycles. The van der Waals surface area contributed by atoms with Gasteiger partial charge in [-0.1, -0.05) is 5.11 Å². The van der Waals surface area contributed by atoms with Crippen molar-refractivity contribution in [2.75, 3.05) is 32.8 Å². The topological polar surface area (TPSA) is 122 Å². The number of hydrogen-bond donors (Lipinski definition) is 2. The van der Waals surface area contributed by atoms with Crippen molar-refractivity contribution in [3.63, 3.8) is 0 Å². The fourth-order valence-corrected chi connectivity index (χ4v) is 1.90. The predicted octanol–water partition coefficient (Wildman–Crippen LogP) is 2.13. The molecule has 0 unspecified atom stereocenters. The van der Waals surface area contributed by atoms with Gasteiger partial charge in [0.2, 0.25) is 5.91 Å². The minimum atomic E-state index is -0.543. The normalized spacial score (nSPS) is 11.9. The summed E-state index contributed by atoms with van der Waals surface area (Å²) >= 11 is 0. The molecule has 0 saturated carbocycles. The minimum Gasteiger partial charge on any atom is -0.375 e. The van der Waals surface area contributed by atoms with Gasteiger partial charge in [-0.2, -0.15) is 0 Å². The van der Waals surface area contributed by atoms with Crippen molar-refractivity contribution in [2.24, 2.45) is 10.8 Å². The van der Waals surface area contributed by atoms with Crippen molar-refractivity contribution in [2.45, 2.75) is 58.2 Å². The second kappa shape index (κ2) is 11.2. The maximum absolute atomic E-state index is 11.9. The first kappa shape index (κ1) is 21.7. The van der Waals surface area contributed by atoms with Crippen LogP contribution in [0.4, 0.5) is 0 Å². The lowest BCUT2D eigenvalue weighted by Gasteiger charge is -2.29. The van der Waals surface area contributed by atoms with E-state index < -0.39 is 5.60 Å². The second-order valence-corrected chi connectivity index (χ2v) is 6.59. The van der Waals surface area contributed by atoms with Crippen LogP contribution in [-0.4, -0.2) is 50.0 Å². The van der Waals surface area contributed by atoms with Gasteiger partial charge < -0.3 is 20.5 Å². The van der Waals surface area contributed by atoms with Gasteiger partial charge >= 0.3 is 0 Å². The molecule has 0 aliphatic carbocycles. The first-order chi connectivity index (χ1) is 10.7. The fraction of sp³-hybridized carbons (Fsp3) is 0.933. The fourth-order valence-electron chi connectivity index (χ4n) is 1.90. The summed E-state index contributed by atoms with van der Waals surface area (Å²) in [4.78, 5) is 14.5. The molecular weight excluding hydrogens is 298 g/mol. The minimum absolute atomic E-state index is 0.0745. The van der Waals surface area contributed by atoms with Gasteiger partial charge in [0.1, 0.15) is 0 Å². The Morgan fingerprint density at radius 2 is 1.87 bits per heavy atom. The molecule has 0 aromatic heterocycles. The summed E-state index contributed by atoms with van der Waals surface area (Å²) in [5.74, 6) is -0.0745. The summed E-state index contributed by atoms with van der Waals surface area (Å²) in [5.41, 5.74) is 12.7. The molecule has 0 fully saturated rings. The summed E-state index contributed by atoms with van der Waals surface area (Å²) in [6, 6.07) is 0. The molecule has 0 heterocycles. The highest BCUT2D eigenvalue weighted by Gasteiger charge is 2.25. The molecule has 8 heteroatoms. The Morgan fingerprint density at radius 3 is 2.48 bits per heavy atom. The number of azide groups is 1. The number of ether oxygens (including phenoxy) is 2. The van der Waals surface area contributed by atoms with Gasteiger partial charge in [0, 0.05) is 24.5 Å². The van der Waals surface area contributed by atoms with E-state index in [2.05, 4.69) is 15.3 Å². The van der Waals surface area contributed by atoms with Gasteiger partial charge in [-0.15, -0.1) is 0 Å². The molecule has 0 atom stereocenters. The average Bonchev–Trinajstić information content (AvgIpc) is 2.44. The van der Waals surface area contributed by atoms with Crippen molar-refractivity contribution in [3.8, 4) is 0 Å². The number of carbonyl (C=O) groups is 1. The van der Waals surface area contributed by atoms with E-state index in [0.29, 0.717) is 39.3 Å². The molecular formula is C15H31N5O3. The van der Waals surface area contributed by atoms with Gasteiger partial charge in [0.25, 0.3) is 0 Å². The summed E-state index contributed by atoms with van der Waals surface area (Å²) in [6.45, 7) is 10.2.